The maximum atomic E-state index is 12.0. The van der Waals surface area contributed by atoms with E-state index in [1.807, 2.05) is 37.3 Å². The Morgan fingerprint density at radius 2 is 1.86 bits per heavy atom. The summed E-state index contributed by atoms with van der Waals surface area (Å²) in [6.07, 6.45) is 0.133. The summed E-state index contributed by atoms with van der Waals surface area (Å²) >= 11 is 0. The lowest BCUT2D eigenvalue weighted by Gasteiger charge is -2.12. The number of benzene rings is 1. The van der Waals surface area contributed by atoms with Crippen LogP contribution in [0.5, 0.6) is 0 Å². The lowest BCUT2D eigenvalue weighted by atomic mass is 9.95. The van der Waals surface area contributed by atoms with Crippen LogP contribution in [-0.4, -0.2) is 17.8 Å². The monoisotopic (exact) mass is 289 g/mol. The van der Waals surface area contributed by atoms with Crippen LogP contribution in [-0.2, 0) is 19.8 Å². The highest BCUT2D eigenvalue weighted by Crippen LogP contribution is 2.53. The van der Waals surface area contributed by atoms with Gasteiger partial charge in [-0.05, 0) is 18.4 Å². The van der Waals surface area contributed by atoms with Crippen molar-refractivity contribution >= 4 is 17.8 Å². The van der Waals surface area contributed by atoms with Gasteiger partial charge < -0.3 is 9.90 Å². The zero-order valence-electron chi connectivity index (χ0n) is 11.7. The van der Waals surface area contributed by atoms with Gasteiger partial charge in [0.1, 0.15) is 0 Å². The number of hydrogen-bond donors (Lipinski definition) is 2. The van der Waals surface area contributed by atoms with Gasteiger partial charge in [0, 0.05) is 23.7 Å². The molecule has 2 amide bonds. The minimum atomic E-state index is -1.30. The van der Waals surface area contributed by atoms with Crippen molar-refractivity contribution in [3.8, 4) is 0 Å². The van der Waals surface area contributed by atoms with Gasteiger partial charge in [0.15, 0.2) is 0 Å². The standard InChI is InChI=1S/C15H18N2O4/c1-15(10-5-3-2-4-6-10)9-11(15)14(21)17-16-12(18)7-8-13(19)20/h2-6,11H,7-9H2,1H3,(H,16,18)(H,17,21)(H,19,20)/p-1/t11-,15+/m1/s1. The third-order valence-corrected chi connectivity index (χ3v) is 3.87. The van der Waals surface area contributed by atoms with E-state index in [4.69, 9.17) is 0 Å². The van der Waals surface area contributed by atoms with Crippen LogP contribution in [0.25, 0.3) is 0 Å². The van der Waals surface area contributed by atoms with Crippen molar-refractivity contribution in [2.45, 2.75) is 31.6 Å². The van der Waals surface area contributed by atoms with Crippen LogP contribution in [0, 0.1) is 5.92 Å². The van der Waals surface area contributed by atoms with Crippen LogP contribution in [0.4, 0.5) is 0 Å². The summed E-state index contributed by atoms with van der Waals surface area (Å²) < 4.78 is 0. The van der Waals surface area contributed by atoms with E-state index in [1.165, 1.54) is 0 Å². The van der Waals surface area contributed by atoms with E-state index in [9.17, 15) is 19.5 Å². The molecule has 6 nitrogen and oxygen atoms in total. The molecule has 0 aromatic heterocycles. The van der Waals surface area contributed by atoms with Crippen molar-refractivity contribution in [3.05, 3.63) is 35.9 Å². The largest absolute Gasteiger partial charge is 0.550 e. The third-order valence-electron chi connectivity index (χ3n) is 3.87. The van der Waals surface area contributed by atoms with Crippen molar-refractivity contribution in [1.82, 2.24) is 10.9 Å². The fourth-order valence-corrected chi connectivity index (χ4v) is 2.38. The van der Waals surface area contributed by atoms with Gasteiger partial charge >= 0.3 is 0 Å². The van der Waals surface area contributed by atoms with Gasteiger partial charge in [0.25, 0.3) is 0 Å². The molecule has 1 aromatic carbocycles. The lowest BCUT2D eigenvalue weighted by molar-refractivity contribution is -0.305. The smallest absolute Gasteiger partial charge is 0.242 e. The summed E-state index contributed by atoms with van der Waals surface area (Å²) in [5.41, 5.74) is 5.44. The van der Waals surface area contributed by atoms with E-state index in [0.717, 1.165) is 12.0 Å². The number of carbonyl (C=O) groups excluding carboxylic acids is 3. The first-order valence-corrected chi connectivity index (χ1v) is 6.77. The van der Waals surface area contributed by atoms with E-state index in [0.29, 0.717) is 0 Å². The predicted molar refractivity (Wildman–Crippen MR) is 72.4 cm³/mol. The summed E-state index contributed by atoms with van der Waals surface area (Å²) in [5, 5.41) is 10.2. The van der Waals surface area contributed by atoms with Crippen molar-refractivity contribution < 1.29 is 19.5 Å². The van der Waals surface area contributed by atoms with Crippen LogP contribution >= 0.6 is 0 Å². The number of aliphatic carboxylic acids is 1. The number of hydrogen-bond acceptors (Lipinski definition) is 4. The minimum absolute atomic E-state index is 0.193. The number of amides is 2. The fourth-order valence-electron chi connectivity index (χ4n) is 2.38. The van der Waals surface area contributed by atoms with Crippen LogP contribution in [0.15, 0.2) is 30.3 Å². The van der Waals surface area contributed by atoms with Crippen molar-refractivity contribution in [2.24, 2.45) is 5.92 Å². The lowest BCUT2D eigenvalue weighted by Crippen LogP contribution is -2.43. The van der Waals surface area contributed by atoms with Crippen molar-refractivity contribution in [2.75, 3.05) is 0 Å². The Labute approximate surface area is 122 Å². The maximum absolute atomic E-state index is 12.0. The fraction of sp³-hybridized carbons (Fsp3) is 0.400. The molecule has 112 valence electrons. The first-order chi connectivity index (χ1) is 9.93. The summed E-state index contributed by atoms with van der Waals surface area (Å²) in [4.78, 5) is 33.5. The van der Waals surface area contributed by atoms with Crippen molar-refractivity contribution in [1.29, 1.82) is 0 Å². The molecule has 0 spiro atoms. The molecule has 1 aliphatic rings. The Morgan fingerprint density at radius 1 is 1.19 bits per heavy atom. The molecule has 2 rings (SSSR count). The Hall–Kier alpha value is -2.37. The van der Waals surface area contributed by atoms with Crippen LogP contribution in [0.3, 0.4) is 0 Å². The molecule has 1 fully saturated rings. The second-order valence-electron chi connectivity index (χ2n) is 5.45. The molecule has 1 aliphatic carbocycles. The van der Waals surface area contributed by atoms with Gasteiger partial charge in [-0.2, -0.15) is 0 Å². The quantitative estimate of drug-likeness (QED) is 0.723. The molecule has 2 N–H and O–H groups in total. The van der Waals surface area contributed by atoms with Gasteiger partial charge in [-0.1, -0.05) is 37.3 Å². The Balaban J connectivity index is 1.81. The van der Waals surface area contributed by atoms with Gasteiger partial charge in [-0.3, -0.25) is 20.4 Å². The molecule has 0 unspecified atom stereocenters. The molecule has 1 saturated carbocycles. The molecule has 6 heteroatoms. The Kier molecular flexibility index (Phi) is 4.26. The van der Waals surface area contributed by atoms with Gasteiger partial charge in [-0.15, -0.1) is 0 Å². The average Bonchev–Trinajstić information content (AvgIpc) is 3.17. The average molecular weight is 289 g/mol. The third kappa shape index (κ3) is 3.59. The van der Waals surface area contributed by atoms with Gasteiger partial charge in [-0.25, -0.2) is 0 Å². The Morgan fingerprint density at radius 3 is 2.48 bits per heavy atom. The van der Waals surface area contributed by atoms with Crippen LogP contribution < -0.4 is 16.0 Å². The molecule has 0 aliphatic heterocycles. The molecule has 0 saturated heterocycles. The van der Waals surface area contributed by atoms with E-state index >= 15 is 0 Å². The molecule has 0 radical (unpaired) electrons. The zero-order chi connectivity index (χ0) is 15.5. The number of hydrazine groups is 1. The highest BCUT2D eigenvalue weighted by atomic mass is 16.4. The number of carbonyl (C=O) groups is 3. The zero-order valence-corrected chi connectivity index (χ0v) is 11.7. The molecular weight excluding hydrogens is 272 g/mol. The van der Waals surface area contributed by atoms with Gasteiger partial charge in [0.2, 0.25) is 11.8 Å². The molecule has 0 heterocycles. The number of carboxylic acids is 1. The predicted octanol–water partition coefficient (Wildman–Crippen LogP) is -0.358. The summed E-state index contributed by atoms with van der Waals surface area (Å²) in [5.74, 6) is -2.30. The highest BCUT2D eigenvalue weighted by molar-refractivity contribution is 5.87. The number of nitrogens with one attached hydrogen (secondary N) is 2. The van der Waals surface area contributed by atoms with E-state index in [1.54, 1.807) is 0 Å². The van der Waals surface area contributed by atoms with E-state index in [2.05, 4.69) is 10.9 Å². The van der Waals surface area contributed by atoms with Crippen molar-refractivity contribution in [3.63, 3.8) is 0 Å². The first-order valence-electron chi connectivity index (χ1n) is 6.77. The Bertz CT molecular complexity index is 558. The molecule has 1 aromatic rings. The molecule has 2 atom stereocenters. The molecule has 0 bridgehead atoms. The number of rotatable bonds is 5. The summed E-state index contributed by atoms with van der Waals surface area (Å²) in [6, 6.07) is 9.73. The van der Waals surface area contributed by atoms with Crippen LogP contribution in [0.2, 0.25) is 0 Å². The first kappa shape index (κ1) is 15.0. The normalized spacial score (nSPS) is 23.2. The summed E-state index contributed by atoms with van der Waals surface area (Å²) in [7, 11) is 0. The van der Waals surface area contributed by atoms with Crippen LogP contribution in [0.1, 0.15) is 31.7 Å². The van der Waals surface area contributed by atoms with E-state index in [-0.39, 0.29) is 30.1 Å². The second kappa shape index (κ2) is 5.95. The number of carboxylic acid groups (broad SMARTS) is 1. The molecule has 21 heavy (non-hydrogen) atoms. The van der Waals surface area contributed by atoms with E-state index < -0.39 is 11.9 Å². The summed E-state index contributed by atoms with van der Waals surface area (Å²) in [6.45, 7) is 2.00. The topological polar surface area (TPSA) is 98.3 Å². The highest BCUT2D eigenvalue weighted by Gasteiger charge is 2.55. The minimum Gasteiger partial charge on any atom is -0.550 e. The molecular formula is C15H17N2O4-. The SMILES string of the molecule is C[C@@]1(c2ccccc2)C[C@@H]1C(=O)NNC(=O)CCC(=O)[O-]. The van der Waals surface area contributed by atoms with Gasteiger partial charge in [0.05, 0.1) is 0 Å². The second-order valence-corrected chi connectivity index (χ2v) is 5.45. The maximum Gasteiger partial charge on any atom is 0.242 e.